The highest BCUT2D eigenvalue weighted by atomic mass is 19.3. The molecule has 1 rings (SSSR count). The lowest BCUT2D eigenvalue weighted by atomic mass is 10.3. The Morgan fingerprint density at radius 3 is 2.43 bits per heavy atom. The summed E-state index contributed by atoms with van der Waals surface area (Å²) < 4.78 is 49.3. The molecule has 1 aromatic rings. The zero-order chi connectivity index (χ0) is 10.9. The summed E-state index contributed by atoms with van der Waals surface area (Å²) in [4.78, 5) is 11.4. The standard InChI is InChI=1S/C6H2F4N2O2/c7-2-1-11-4(6(9)10)3(8)5(2)12(13)14/h1,6H. The van der Waals surface area contributed by atoms with E-state index >= 15 is 0 Å². The molecule has 1 aromatic heterocycles. The zero-order valence-corrected chi connectivity index (χ0v) is 6.38. The van der Waals surface area contributed by atoms with Gasteiger partial charge in [-0.25, -0.2) is 13.8 Å². The molecule has 0 aliphatic heterocycles. The van der Waals surface area contributed by atoms with Gasteiger partial charge in [0.1, 0.15) is 5.69 Å². The summed E-state index contributed by atoms with van der Waals surface area (Å²) in [6.07, 6.45) is -3.14. The molecule has 0 radical (unpaired) electrons. The minimum Gasteiger partial charge on any atom is -0.258 e. The molecule has 0 fully saturated rings. The van der Waals surface area contributed by atoms with Crippen molar-refractivity contribution in [2.24, 2.45) is 0 Å². The second-order valence-corrected chi connectivity index (χ2v) is 2.21. The van der Waals surface area contributed by atoms with Gasteiger partial charge in [-0.15, -0.1) is 0 Å². The summed E-state index contributed by atoms with van der Waals surface area (Å²) in [5.41, 5.74) is -3.05. The molecule has 0 unspecified atom stereocenters. The number of nitrogens with zero attached hydrogens (tertiary/aromatic N) is 2. The van der Waals surface area contributed by atoms with Crippen LogP contribution in [0.2, 0.25) is 0 Å². The van der Waals surface area contributed by atoms with E-state index in [1.54, 1.807) is 0 Å². The van der Waals surface area contributed by atoms with Crippen LogP contribution >= 0.6 is 0 Å². The third-order valence-corrected chi connectivity index (χ3v) is 1.37. The maximum Gasteiger partial charge on any atom is 0.343 e. The highest BCUT2D eigenvalue weighted by Gasteiger charge is 2.28. The average molecular weight is 210 g/mol. The van der Waals surface area contributed by atoms with Gasteiger partial charge in [-0.2, -0.15) is 8.78 Å². The molecule has 14 heavy (non-hydrogen) atoms. The van der Waals surface area contributed by atoms with E-state index < -0.39 is 34.4 Å². The molecule has 0 N–H and O–H groups in total. The summed E-state index contributed by atoms with van der Waals surface area (Å²) in [6.45, 7) is 0. The van der Waals surface area contributed by atoms with Gasteiger partial charge in [0.15, 0.2) is 0 Å². The van der Waals surface area contributed by atoms with Crippen molar-refractivity contribution >= 4 is 5.69 Å². The van der Waals surface area contributed by atoms with Crippen molar-refractivity contribution in [3.8, 4) is 0 Å². The Labute approximate surface area is 74.3 Å². The van der Waals surface area contributed by atoms with E-state index in [0.717, 1.165) is 0 Å². The van der Waals surface area contributed by atoms with Crippen LogP contribution in [-0.2, 0) is 0 Å². The number of rotatable bonds is 2. The molecule has 0 bridgehead atoms. The first kappa shape index (κ1) is 10.4. The topological polar surface area (TPSA) is 56.0 Å². The fraction of sp³-hybridized carbons (Fsp3) is 0.167. The summed E-state index contributed by atoms with van der Waals surface area (Å²) in [5, 5.41) is 10.1. The first-order valence-corrected chi connectivity index (χ1v) is 3.21. The highest BCUT2D eigenvalue weighted by Crippen LogP contribution is 2.27. The maximum atomic E-state index is 12.8. The van der Waals surface area contributed by atoms with E-state index in [-0.39, 0.29) is 6.20 Å². The van der Waals surface area contributed by atoms with Crippen LogP contribution in [0.4, 0.5) is 23.2 Å². The minimum atomic E-state index is -3.32. The second-order valence-electron chi connectivity index (χ2n) is 2.21. The predicted molar refractivity (Wildman–Crippen MR) is 35.8 cm³/mol. The average Bonchev–Trinajstić information content (AvgIpc) is 2.02. The Hall–Kier alpha value is -1.73. The SMILES string of the molecule is O=[N+]([O-])c1c(F)cnc(C(F)F)c1F. The molecule has 1 heterocycles. The van der Waals surface area contributed by atoms with Crippen LogP contribution in [-0.4, -0.2) is 9.91 Å². The summed E-state index contributed by atoms with van der Waals surface area (Å²) in [7, 11) is 0. The number of pyridine rings is 1. The smallest absolute Gasteiger partial charge is 0.258 e. The molecule has 0 atom stereocenters. The number of nitro groups is 1. The van der Waals surface area contributed by atoms with Gasteiger partial charge in [-0.3, -0.25) is 10.1 Å². The molecule has 76 valence electrons. The van der Waals surface area contributed by atoms with Gasteiger partial charge in [0.05, 0.1) is 11.1 Å². The normalized spacial score (nSPS) is 10.6. The van der Waals surface area contributed by atoms with Gasteiger partial charge in [0.25, 0.3) is 6.43 Å². The number of alkyl halides is 2. The van der Waals surface area contributed by atoms with Gasteiger partial charge in [-0.1, -0.05) is 0 Å². The molecule has 8 heteroatoms. The fourth-order valence-corrected chi connectivity index (χ4v) is 0.790. The monoisotopic (exact) mass is 210 g/mol. The lowest BCUT2D eigenvalue weighted by molar-refractivity contribution is -0.390. The summed E-state index contributed by atoms with van der Waals surface area (Å²) >= 11 is 0. The van der Waals surface area contributed by atoms with E-state index in [0.29, 0.717) is 0 Å². The van der Waals surface area contributed by atoms with Crippen molar-refractivity contribution in [3.63, 3.8) is 0 Å². The number of hydrogen-bond acceptors (Lipinski definition) is 3. The first-order chi connectivity index (χ1) is 6.45. The van der Waals surface area contributed by atoms with Crippen LogP contribution < -0.4 is 0 Å². The summed E-state index contributed by atoms with van der Waals surface area (Å²) in [6, 6.07) is 0. The largest absolute Gasteiger partial charge is 0.343 e. The quantitative estimate of drug-likeness (QED) is 0.427. The van der Waals surface area contributed by atoms with Crippen molar-refractivity contribution in [1.29, 1.82) is 0 Å². The van der Waals surface area contributed by atoms with E-state index in [2.05, 4.69) is 4.98 Å². The number of aromatic nitrogens is 1. The first-order valence-electron chi connectivity index (χ1n) is 3.21. The van der Waals surface area contributed by atoms with Gasteiger partial charge in [0.2, 0.25) is 11.6 Å². The minimum absolute atomic E-state index is 0.183. The Balaban J connectivity index is 3.41. The van der Waals surface area contributed by atoms with Crippen LogP contribution in [0.1, 0.15) is 12.1 Å². The lowest BCUT2D eigenvalue weighted by Crippen LogP contribution is -2.03. The van der Waals surface area contributed by atoms with Crippen molar-refractivity contribution in [3.05, 3.63) is 33.6 Å². The van der Waals surface area contributed by atoms with Crippen molar-refractivity contribution in [1.82, 2.24) is 4.98 Å². The molecular formula is C6H2F4N2O2. The summed E-state index contributed by atoms with van der Waals surface area (Å²) in [5.74, 6) is -3.53. The molecule has 0 amide bonds. The fourth-order valence-electron chi connectivity index (χ4n) is 0.790. The molecule has 0 saturated heterocycles. The lowest BCUT2D eigenvalue weighted by Gasteiger charge is -2.01. The Morgan fingerprint density at radius 2 is 2.00 bits per heavy atom. The molecule has 0 aromatic carbocycles. The zero-order valence-electron chi connectivity index (χ0n) is 6.38. The molecule has 0 spiro atoms. The number of hydrogen-bond donors (Lipinski definition) is 0. The van der Waals surface area contributed by atoms with E-state index in [4.69, 9.17) is 0 Å². The molecule has 0 saturated carbocycles. The predicted octanol–water partition coefficient (Wildman–Crippen LogP) is 2.21. The Kier molecular flexibility index (Phi) is 2.63. The molecule has 0 aliphatic rings. The van der Waals surface area contributed by atoms with Crippen LogP contribution in [0.25, 0.3) is 0 Å². The van der Waals surface area contributed by atoms with E-state index in [9.17, 15) is 27.7 Å². The van der Waals surface area contributed by atoms with Gasteiger partial charge < -0.3 is 0 Å². The third-order valence-electron chi connectivity index (χ3n) is 1.37. The van der Waals surface area contributed by atoms with E-state index in [1.807, 2.05) is 0 Å². The highest BCUT2D eigenvalue weighted by molar-refractivity contribution is 5.34. The molecular weight excluding hydrogens is 208 g/mol. The van der Waals surface area contributed by atoms with Crippen LogP contribution in [0.15, 0.2) is 6.20 Å². The third kappa shape index (κ3) is 1.63. The van der Waals surface area contributed by atoms with Crippen LogP contribution in [0.5, 0.6) is 0 Å². The van der Waals surface area contributed by atoms with Crippen molar-refractivity contribution < 1.29 is 22.5 Å². The second kappa shape index (κ2) is 3.56. The maximum absolute atomic E-state index is 12.8. The molecule has 4 nitrogen and oxygen atoms in total. The molecule has 0 aliphatic carbocycles. The van der Waals surface area contributed by atoms with Crippen LogP contribution in [0, 0.1) is 21.7 Å². The van der Waals surface area contributed by atoms with Crippen molar-refractivity contribution in [2.75, 3.05) is 0 Å². The van der Waals surface area contributed by atoms with Crippen molar-refractivity contribution in [2.45, 2.75) is 6.43 Å². The van der Waals surface area contributed by atoms with Crippen LogP contribution in [0.3, 0.4) is 0 Å². The van der Waals surface area contributed by atoms with Gasteiger partial charge in [0, 0.05) is 0 Å². The van der Waals surface area contributed by atoms with E-state index in [1.165, 1.54) is 0 Å². The number of halogens is 4. The van der Waals surface area contributed by atoms with Gasteiger partial charge in [-0.05, 0) is 0 Å². The Bertz CT molecular complexity index is 382. The Morgan fingerprint density at radius 1 is 1.43 bits per heavy atom. The van der Waals surface area contributed by atoms with Gasteiger partial charge >= 0.3 is 5.69 Å².